The quantitative estimate of drug-likeness (QED) is 0.644. The second-order valence-electron chi connectivity index (χ2n) is 7.29. The van der Waals surface area contributed by atoms with E-state index in [-0.39, 0.29) is 11.8 Å². The monoisotopic (exact) mass is 426 g/mol. The van der Waals surface area contributed by atoms with E-state index in [1.807, 2.05) is 54.3 Å². The minimum Gasteiger partial charge on any atom is -0.497 e. The summed E-state index contributed by atoms with van der Waals surface area (Å²) >= 11 is 6.14. The van der Waals surface area contributed by atoms with Gasteiger partial charge in [0.1, 0.15) is 5.75 Å². The minimum atomic E-state index is -0.0661. The maximum absolute atomic E-state index is 12.7. The summed E-state index contributed by atoms with van der Waals surface area (Å²) in [5.41, 5.74) is 2.50. The molecule has 0 radical (unpaired) electrons. The summed E-state index contributed by atoms with van der Waals surface area (Å²) in [6.45, 7) is 3.25. The molecule has 0 spiro atoms. The number of carbonyl (C=O) groups is 1. The third kappa shape index (κ3) is 4.26. The van der Waals surface area contributed by atoms with E-state index < -0.39 is 0 Å². The van der Waals surface area contributed by atoms with E-state index in [1.54, 1.807) is 7.11 Å². The Hall–Kier alpha value is -3.06. The Morgan fingerprint density at radius 3 is 2.63 bits per heavy atom. The van der Waals surface area contributed by atoms with Crippen molar-refractivity contribution in [3.8, 4) is 17.1 Å². The fourth-order valence-electron chi connectivity index (χ4n) is 3.51. The highest BCUT2D eigenvalue weighted by molar-refractivity contribution is 6.31. The van der Waals surface area contributed by atoms with Gasteiger partial charge in [-0.3, -0.25) is 4.79 Å². The molecule has 0 unspecified atom stereocenters. The molecule has 0 aliphatic carbocycles. The van der Waals surface area contributed by atoms with E-state index in [4.69, 9.17) is 20.9 Å². The highest BCUT2D eigenvalue weighted by Crippen LogP contribution is 2.28. The van der Waals surface area contributed by atoms with E-state index in [9.17, 15) is 4.79 Å². The highest BCUT2D eigenvalue weighted by Gasteiger charge is 2.28. The summed E-state index contributed by atoms with van der Waals surface area (Å²) in [5.74, 6) is 1.26. The fourth-order valence-corrected chi connectivity index (χ4v) is 3.69. The van der Waals surface area contributed by atoms with Crippen LogP contribution in [-0.2, 0) is 4.79 Å². The van der Waals surface area contributed by atoms with Crippen LogP contribution in [0.4, 0.5) is 11.7 Å². The Labute approximate surface area is 180 Å². The average Bonchev–Trinajstić information content (AvgIpc) is 3.27. The summed E-state index contributed by atoms with van der Waals surface area (Å²) in [4.78, 5) is 19.2. The lowest BCUT2D eigenvalue weighted by atomic mass is 9.96. The number of nitrogens with zero attached hydrogens (tertiary/aromatic N) is 3. The van der Waals surface area contributed by atoms with Gasteiger partial charge < -0.3 is 19.5 Å². The lowest BCUT2D eigenvalue weighted by molar-refractivity contribution is -0.120. The van der Waals surface area contributed by atoms with Gasteiger partial charge in [-0.15, -0.1) is 0 Å². The Balaban J connectivity index is 1.36. The van der Waals surface area contributed by atoms with Crippen molar-refractivity contribution in [3.63, 3.8) is 0 Å². The standard InChI is InChI=1S/C22H23ClN4O3/c1-14-18(23)4-3-5-19(14)24-21(28)16-10-12-27(13-11-16)22-25-20(26-30-22)15-6-8-17(29-2)9-7-15/h3-9,16H,10-13H2,1-2H3,(H,24,28). The number of aromatic nitrogens is 2. The first kappa shape index (κ1) is 20.2. The van der Waals surface area contributed by atoms with Crippen molar-refractivity contribution in [2.24, 2.45) is 5.92 Å². The van der Waals surface area contributed by atoms with Gasteiger partial charge in [0.2, 0.25) is 11.7 Å². The van der Waals surface area contributed by atoms with Gasteiger partial charge in [-0.1, -0.05) is 22.8 Å². The largest absolute Gasteiger partial charge is 0.497 e. The number of hydrogen-bond acceptors (Lipinski definition) is 6. The van der Waals surface area contributed by atoms with Gasteiger partial charge in [0.25, 0.3) is 0 Å². The van der Waals surface area contributed by atoms with Gasteiger partial charge in [-0.2, -0.15) is 4.98 Å². The van der Waals surface area contributed by atoms with Crippen LogP contribution in [0.15, 0.2) is 47.0 Å². The molecule has 2 heterocycles. The van der Waals surface area contributed by atoms with Gasteiger partial charge in [-0.25, -0.2) is 0 Å². The summed E-state index contributed by atoms with van der Waals surface area (Å²) < 4.78 is 10.6. The van der Waals surface area contributed by atoms with Crippen LogP contribution in [0.2, 0.25) is 5.02 Å². The van der Waals surface area contributed by atoms with Gasteiger partial charge in [0.15, 0.2) is 0 Å². The Kier molecular flexibility index (Phi) is 5.90. The molecule has 4 rings (SSSR count). The van der Waals surface area contributed by atoms with Gasteiger partial charge >= 0.3 is 6.01 Å². The molecule has 7 nitrogen and oxygen atoms in total. The van der Waals surface area contributed by atoms with Crippen molar-refractivity contribution in [3.05, 3.63) is 53.1 Å². The molecule has 0 atom stereocenters. The van der Waals surface area contributed by atoms with E-state index in [1.165, 1.54) is 0 Å². The number of ether oxygens (including phenoxy) is 1. The summed E-state index contributed by atoms with van der Waals surface area (Å²) in [6, 6.07) is 13.5. The van der Waals surface area contributed by atoms with Crippen molar-refractivity contribution in [2.75, 3.05) is 30.4 Å². The Bertz CT molecular complexity index is 1030. The first-order chi connectivity index (χ1) is 14.5. The minimum absolute atomic E-state index is 0.0180. The molecular weight excluding hydrogens is 404 g/mol. The zero-order chi connectivity index (χ0) is 21.1. The fraction of sp³-hybridized carbons (Fsp3) is 0.318. The second-order valence-corrected chi connectivity index (χ2v) is 7.70. The Morgan fingerprint density at radius 1 is 1.20 bits per heavy atom. The number of rotatable bonds is 5. The smallest absolute Gasteiger partial charge is 0.324 e. The number of benzene rings is 2. The number of hydrogen-bond donors (Lipinski definition) is 1. The number of anilines is 2. The maximum atomic E-state index is 12.7. The van der Waals surface area contributed by atoms with Crippen LogP contribution >= 0.6 is 11.6 Å². The number of methoxy groups -OCH3 is 1. The molecule has 2 aromatic carbocycles. The number of nitrogens with one attached hydrogen (secondary N) is 1. The third-order valence-electron chi connectivity index (χ3n) is 5.43. The first-order valence-corrected chi connectivity index (χ1v) is 10.2. The highest BCUT2D eigenvalue weighted by atomic mass is 35.5. The van der Waals surface area contributed by atoms with Crippen molar-refractivity contribution in [1.29, 1.82) is 0 Å². The molecule has 1 amide bonds. The molecule has 1 aliphatic rings. The molecule has 0 bridgehead atoms. The molecular formula is C22H23ClN4O3. The number of carbonyl (C=O) groups excluding carboxylic acids is 1. The van der Waals surface area contributed by atoms with Gasteiger partial charge in [0.05, 0.1) is 7.11 Å². The van der Waals surface area contributed by atoms with Crippen LogP contribution in [0.1, 0.15) is 18.4 Å². The zero-order valence-corrected chi connectivity index (χ0v) is 17.6. The maximum Gasteiger partial charge on any atom is 0.324 e. The van der Waals surface area contributed by atoms with Crippen molar-refractivity contribution in [2.45, 2.75) is 19.8 Å². The van der Waals surface area contributed by atoms with E-state index in [0.29, 0.717) is 42.8 Å². The van der Waals surface area contributed by atoms with Gasteiger partial charge in [0, 0.05) is 35.3 Å². The van der Waals surface area contributed by atoms with Crippen molar-refractivity contribution < 1.29 is 14.1 Å². The molecule has 1 fully saturated rings. The lowest BCUT2D eigenvalue weighted by Crippen LogP contribution is -2.38. The summed E-state index contributed by atoms with van der Waals surface area (Å²) in [5, 5.41) is 7.74. The average molecular weight is 427 g/mol. The van der Waals surface area contributed by atoms with Crippen LogP contribution in [0, 0.1) is 12.8 Å². The predicted octanol–water partition coefficient (Wildman–Crippen LogP) is 4.56. The molecule has 1 saturated heterocycles. The topological polar surface area (TPSA) is 80.5 Å². The molecule has 1 N–H and O–H groups in total. The number of amides is 1. The molecule has 3 aromatic rings. The number of halogens is 1. The Morgan fingerprint density at radius 2 is 1.93 bits per heavy atom. The lowest BCUT2D eigenvalue weighted by Gasteiger charge is -2.29. The zero-order valence-electron chi connectivity index (χ0n) is 16.9. The summed E-state index contributed by atoms with van der Waals surface area (Å²) in [7, 11) is 1.63. The normalized spacial score (nSPS) is 14.6. The van der Waals surface area contributed by atoms with E-state index in [0.717, 1.165) is 22.6 Å². The van der Waals surface area contributed by atoms with Crippen LogP contribution in [-0.4, -0.2) is 36.2 Å². The van der Waals surface area contributed by atoms with E-state index >= 15 is 0 Å². The van der Waals surface area contributed by atoms with Crippen molar-refractivity contribution >= 4 is 29.2 Å². The number of piperidine rings is 1. The first-order valence-electron chi connectivity index (χ1n) is 9.84. The van der Waals surface area contributed by atoms with Gasteiger partial charge in [-0.05, 0) is 61.7 Å². The molecule has 8 heteroatoms. The third-order valence-corrected chi connectivity index (χ3v) is 5.83. The molecule has 30 heavy (non-hydrogen) atoms. The van der Waals surface area contributed by atoms with Crippen molar-refractivity contribution in [1.82, 2.24) is 10.1 Å². The van der Waals surface area contributed by atoms with Crippen LogP contribution < -0.4 is 15.0 Å². The predicted molar refractivity (Wildman–Crippen MR) is 116 cm³/mol. The molecule has 156 valence electrons. The molecule has 1 aliphatic heterocycles. The van der Waals surface area contributed by atoms with Crippen LogP contribution in [0.3, 0.4) is 0 Å². The summed E-state index contributed by atoms with van der Waals surface area (Å²) in [6.07, 6.45) is 1.43. The molecule has 1 aromatic heterocycles. The van der Waals surface area contributed by atoms with E-state index in [2.05, 4.69) is 15.5 Å². The van der Waals surface area contributed by atoms with Crippen LogP contribution in [0.5, 0.6) is 5.75 Å². The van der Waals surface area contributed by atoms with Crippen LogP contribution in [0.25, 0.3) is 11.4 Å². The SMILES string of the molecule is COc1ccc(-c2noc(N3CCC(C(=O)Nc4cccc(Cl)c4C)CC3)n2)cc1. The molecule has 0 saturated carbocycles. The second kappa shape index (κ2) is 8.75.